The number of quaternary nitrogens is 1. The first-order chi connectivity index (χ1) is 41.6. The van der Waals surface area contributed by atoms with Crippen molar-refractivity contribution in [2.75, 3.05) is 47.5 Å². The highest BCUT2D eigenvalue weighted by Crippen LogP contribution is 2.17. The van der Waals surface area contributed by atoms with Crippen LogP contribution in [0.25, 0.3) is 0 Å². The van der Waals surface area contributed by atoms with E-state index in [4.69, 9.17) is 18.9 Å². The number of carbonyl (C=O) groups excluding carboxylic acids is 2. The number of ether oxygens (including phenoxy) is 4. The molecule has 9 heteroatoms. The summed E-state index contributed by atoms with van der Waals surface area (Å²) in [6.45, 7) is 4.79. The summed E-state index contributed by atoms with van der Waals surface area (Å²) in [5.74, 6) is -2.01. The predicted octanol–water partition coefficient (Wildman–Crippen LogP) is 21.8. The number of hydrogen-bond acceptors (Lipinski definition) is 7. The minimum absolute atomic E-state index is 0.183. The molecule has 0 aliphatic heterocycles. The summed E-state index contributed by atoms with van der Waals surface area (Å²) < 4.78 is 23.0. The fraction of sp³-hybridized carbons (Fsp3) is 0.724. The lowest BCUT2D eigenvalue weighted by Crippen LogP contribution is -2.40. The standard InChI is InChI=1S/C76H131NO8/c1-6-8-10-12-14-16-18-20-22-24-26-28-30-31-32-33-34-35-36-37-38-39-40-41-42-43-45-47-49-51-53-55-57-59-61-63-65-67-74(79)85-72(71-84-76(75(80)81)82-69-68-77(3,4)5)70-83-73(78)66-64-62-60-58-56-54-52-50-48-46-44-29-27-25-23-21-19-17-15-13-11-9-7-2/h8,10,14,16,20,22,26,28,31-32,34-35,37-38,40-41,43,45,72,76H,6-7,9,11-13,15,17-19,21,23-25,27,29-30,33,36,39,42,44,46-71H2,1-5H3/p+1/b10-8-,16-14-,22-20-,28-26-,32-31-,35-34-,38-37-,41-40-,45-43-. The van der Waals surface area contributed by atoms with Crippen molar-refractivity contribution in [1.29, 1.82) is 0 Å². The van der Waals surface area contributed by atoms with Crippen molar-refractivity contribution >= 4 is 17.9 Å². The molecule has 0 fully saturated rings. The van der Waals surface area contributed by atoms with Gasteiger partial charge in [0.15, 0.2) is 6.10 Å². The largest absolute Gasteiger partial charge is 0.477 e. The summed E-state index contributed by atoms with van der Waals surface area (Å²) in [4.78, 5) is 37.6. The molecule has 0 spiro atoms. The summed E-state index contributed by atoms with van der Waals surface area (Å²) in [5.41, 5.74) is 0. The van der Waals surface area contributed by atoms with Gasteiger partial charge in [-0.1, -0.05) is 309 Å². The Bertz CT molecular complexity index is 1760. The number of likely N-dealkylation sites (N-methyl/N-ethyl adjacent to an activating group) is 1. The maximum Gasteiger partial charge on any atom is 0.361 e. The molecule has 0 heterocycles. The first-order valence-corrected chi connectivity index (χ1v) is 35.1. The van der Waals surface area contributed by atoms with Gasteiger partial charge in [0.25, 0.3) is 6.29 Å². The topological polar surface area (TPSA) is 108 Å². The van der Waals surface area contributed by atoms with Crippen LogP contribution in [0.4, 0.5) is 0 Å². The molecule has 488 valence electrons. The molecule has 0 aromatic carbocycles. The number of aliphatic carboxylic acids is 1. The van der Waals surface area contributed by atoms with Gasteiger partial charge in [-0.15, -0.1) is 0 Å². The van der Waals surface area contributed by atoms with E-state index in [9.17, 15) is 19.5 Å². The molecule has 85 heavy (non-hydrogen) atoms. The van der Waals surface area contributed by atoms with E-state index in [1.54, 1.807) is 0 Å². The molecule has 0 aromatic heterocycles. The van der Waals surface area contributed by atoms with Crippen LogP contribution in [0.1, 0.15) is 296 Å². The van der Waals surface area contributed by atoms with Crippen LogP contribution in [-0.4, -0.2) is 87.4 Å². The smallest absolute Gasteiger partial charge is 0.361 e. The number of nitrogens with zero attached hydrogens (tertiary/aromatic N) is 1. The molecule has 0 saturated carbocycles. The minimum Gasteiger partial charge on any atom is -0.477 e. The van der Waals surface area contributed by atoms with Gasteiger partial charge >= 0.3 is 17.9 Å². The van der Waals surface area contributed by atoms with Crippen LogP contribution in [0.3, 0.4) is 0 Å². The van der Waals surface area contributed by atoms with Crippen molar-refractivity contribution in [2.45, 2.75) is 309 Å². The third kappa shape index (κ3) is 67.3. The summed E-state index contributed by atoms with van der Waals surface area (Å²) in [6, 6.07) is 0. The average molecular weight is 1190 g/mol. The first kappa shape index (κ1) is 81.0. The highest BCUT2D eigenvalue weighted by Gasteiger charge is 2.25. The second-order valence-corrected chi connectivity index (χ2v) is 24.5. The number of esters is 2. The SMILES string of the molecule is CC/C=C\C/C=C\C/C=C\C/C=C\C/C=C\C/C=C\C/C=C\C/C=C\C/C=C\CCCCCCCCCCCC(=O)OC(COC(=O)CCCCCCCCCCCCCCCCCCCCCCCCC)COC(OCC[N+](C)(C)C)C(=O)O. The Labute approximate surface area is 524 Å². The Morgan fingerprint density at radius 2 is 0.671 bits per heavy atom. The van der Waals surface area contributed by atoms with Crippen LogP contribution in [0.15, 0.2) is 109 Å². The third-order valence-corrected chi connectivity index (χ3v) is 15.0. The van der Waals surface area contributed by atoms with E-state index in [2.05, 4.69) is 123 Å². The zero-order chi connectivity index (χ0) is 61.9. The molecule has 1 N–H and O–H groups in total. The quantitative estimate of drug-likeness (QED) is 0.0211. The van der Waals surface area contributed by atoms with E-state index in [1.807, 2.05) is 21.1 Å². The lowest BCUT2D eigenvalue weighted by molar-refractivity contribution is -0.870. The highest BCUT2D eigenvalue weighted by atomic mass is 16.7. The van der Waals surface area contributed by atoms with Crippen LogP contribution in [0, 0.1) is 0 Å². The van der Waals surface area contributed by atoms with E-state index in [0.29, 0.717) is 23.9 Å². The molecule has 0 saturated heterocycles. The molecule has 2 unspecified atom stereocenters. The second-order valence-electron chi connectivity index (χ2n) is 24.5. The summed E-state index contributed by atoms with van der Waals surface area (Å²) >= 11 is 0. The predicted molar refractivity (Wildman–Crippen MR) is 364 cm³/mol. The Kier molecular flexibility index (Phi) is 62.8. The van der Waals surface area contributed by atoms with Gasteiger partial charge in [0.2, 0.25) is 0 Å². The van der Waals surface area contributed by atoms with Crippen LogP contribution in [0.5, 0.6) is 0 Å². The maximum absolute atomic E-state index is 12.9. The summed E-state index contributed by atoms with van der Waals surface area (Å²) in [5, 5.41) is 9.74. The highest BCUT2D eigenvalue weighted by molar-refractivity contribution is 5.71. The molecule has 0 aromatic rings. The zero-order valence-corrected chi connectivity index (χ0v) is 55.7. The molecule has 9 nitrogen and oxygen atoms in total. The van der Waals surface area contributed by atoms with Gasteiger partial charge in [-0.2, -0.15) is 0 Å². The number of allylic oxidation sites excluding steroid dienone is 18. The monoisotopic (exact) mass is 1190 g/mol. The van der Waals surface area contributed by atoms with Gasteiger partial charge in [0.05, 0.1) is 34.4 Å². The van der Waals surface area contributed by atoms with Crippen LogP contribution >= 0.6 is 0 Å². The zero-order valence-electron chi connectivity index (χ0n) is 55.7. The molecule has 0 bridgehead atoms. The lowest BCUT2D eigenvalue weighted by atomic mass is 10.0. The third-order valence-electron chi connectivity index (χ3n) is 15.0. The average Bonchev–Trinajstić information content (AvgIpc) is 3.48. The number of hydrogen-bond donors (Lipinski definition) is 1. The fourth-order valence-electron chi connectivity index (χ4n) is 9.71. The molecule has 0 amide bonds. The Hall–Kier alpha value is -4.05. The number of carboxylic acid groups (broad SMARTS) is 1. The lowest BCUT2D eigenvalue weighted by Gasteiger charge is -2.25. The Balaban J connectivity index is 4.16. The van der Waals surface area contributed by atoms with Crippen molar-refractivity contribution in [3.8, 4) is 0 Å². The van der Waals surface area contributed by atoms with Gasteiger partial charge in [-0.05, 0) is 83.5 Å². The van der Waals surface area contributed by atoms with E-state index in [1.165, 1.54) is 161 Å². The van der Waals surface area contributed by atoms with Crippen molar-refractivity contribution in [1.82, 2.24) is 0 Å². The molecule has 0 rings (SSSR count). The number of carboxylic acids is 1. The first-order valence-electron chi connectivity index (χ1n) is 35.1. The molecule has 0 radical (unpaired) electrons. The van der Waals surface area contributed by atoms with Crippen molar-refractivity contribution in [3.63, 3.8) is 0 Å². The van der Waals surface area contributed by atoms with Gasteiger partial charge in [-0.25, -0.2) is 4.79 Å². The number of rotatable bonds is 64. The maximum atomic E-state index is 12.9. The van der Waals surface area contributed by atoms with Crippen molar-refractivity contribution in [3.05, 3.63) is 109 Å². The van der Waals surface area contributed by atoms with E-state index in [-0.39, 0.29) is 32.2 Å². The summed E-state index contributed by atoms with van der Waals surface area (Å²) in [6.07, 6.45) is 89.1. The van der Waals surface area contributed by atoms with Gasteiger partial charge < -0.3 is 28.5 Å². The van der Waals surface area contributed by atoms with E-state index >= 15 is 0 Å². The molecule has 0 aliphatic rings. The van der Waals surface area contributed by atoms with Gasteiger partial charge in [0, 0.05) is 12.8 Å². The van der Waals surface area contributed by atoms with E-state index < -0.39 is 24.3 Å². The van der Waals surface area contributed by atoms with Crippen LogP contribution in [0.2, 0.25) is 0 Å². The fourth-order valence-corrected chi connectivity index (χ4v) is 9.71. The molecular formula is C76H132NO8+. The van der Waals surface area contributed by atoms with Gasteiger partial charge in [0.1, 0.15) is 13.2 Å². The van der Waals surface area contributed by atoms with Crippen molar-refractivity contribution in [2.24, 2.45) is 0 Å². The molecular weight excluding hydrogens is 1050 g/mol. The van der Waals surface area contributed by atoms with Crippen LogP contribution in [-0.2, 0) is 33.3 Å². The Morgan fingerprint density at radius 1 is 0.365 bits per heavy atom. The van der Waals surface area contributed by atoms with Gasteiger partial charge in [-0.3, -0.25) is 9.59 Å². The van der Waals surface area contributed by atoms with Crippen molar-refractivity contribution < 1.29 is 42.9 Å². The normalized spacial score (nSPS) is 13.4. The number of unbranched alkanes of at least 4 members (excludes halogenated alkanes) is 31. The molecule has 2 atom stereocenters. The molecule has 0 aliphatic carbocycles. The van der Waals surface area contributed by atoms with E-state index in [0.717, 1.165) is 103 Å². The minimum atomic E-state index is -1.52. The Morgan fingerprint density at radius 3 is 1.00 bits per heavy atom. The summed E-state index contributed by atoms with van der Waals surface area (Å²) in [7, 11) is 5.97. The van der Waals surface area contributed by atoms with Crippen LogP contribution < -0.4 is 0 Å². The number of carbonyl (C=O) groups is 3. The second kappa shape index (κ2) is 65.9.